The van der Waals surface area contributed by atoms with E-state index >= 15 is 0 Å². The lowest BCUT2D eigenvalue weighted by Crippen LogP contribution is -2.49. The number of hydroxylamine groups is 1. The lowest BCUT2D eigenvalue weighted by Gasteiger charge is -2.29. The van der Waals surface area contributed by atoms with Gasteiger partial charge in [-0.1, -0.05) is 30.3 Å². The largest absolute Gasteiger partial charge is 0.489 e. The maximum Gasteiger partial charge on any atom is 0.266 e. The molecular weight excluding hydrogens is 482 g/mol. The van der Waals surface area contributed by atoms with Gasteiger partial charge in [0.2, 0.25) is 5.91 Å². The van der Waals surface area contributed by atoms with Gasteiger partial charge in [0.1, 0.15) is 28.2 Å². The summed E-state index contributed by atoms with van der Waals surface area (Å²) in [5.41, 5.74) is 3.35. The molecule has 2 N–H and O–H groups in total. The normalized spacial score (nSPS) is 18.9. The Bertz CT molecular complexity index is 1370. The molecule has 10 heteroatoms. The third-order valence-corrected chi connectivity index (χ3v) is 7.74. The number of aromatic nitrogens is 1. The van der Waals surface area contributed by atoms with E-state index in [1.165, 1.54) is 4.90 Å². The summed E-state index contributed by atoms with van der Waals surface area (Å²) in [6.07, 6.45) is 3.17. The van der Waals surface area contributed by atoms with Crippen LogP contribution in [0.1, 0.15) is 30.9 Å². The molecule has 2 unspecified atom stereocenters. The molecule has 0 bridgehead atoms. The van der Waals surface area contributed by atoms with Crippen molar-refractivity contribution >= 4 is 32.6 Å². The predicted octanol–water partition coefficient (Wildman–Crippen LogP) is 2.61. The molecule has 4 rings (SSSR count). The van der Waals surface area contributed by atoms with Crippen LogP contribution in [0.15, 0.2) is 60.8 Å². The third kappa shape index (κ3) is 5.34. The number of pyridine rings is 1. The number of nitrogens with one attached hydrogen (secondary N) is 1. The van der Waals surface area contributed by atoms with Crippen LogP contribution in [-0.2, 0) is 31.4 Å². The van der Waals surface area contributed by atoms with Crippen molar-refractivity contribution in [3.05, 3.63) is 71.9 Å². The second-order valence-corrected chi connectivity index (χ2v) is 11.6. The fraction of sp³-hybridized carbons (Fsp3) is 0.346. The molecular formula is C26H29N3O6S. The maximum absolute atomic E-state index is 13.4. The summed E-state index contributed by atoms with van der Waals surface area (Å²) in [7, 11) is -3.35. The average molecular weight is 512 g/mol. The zero-order valence-electron chi connectivity index (χ0n) is 20.2. The van der Waals surface area contributed by atoms with E-state index < -0.39 is 27.2 Å². The first-order valence-electron chi connectivity index (χ1n) is 11.6. The summed E-state index contributed by atoms with van der Waals surface area (Å²) in [4.78, 5) is 31.4. The van der Waals surface area contributed by atoms with Crippen LogP contribution < -0.4 is 10.2 Å². The Morgan fingerprint density at radius 2 is 1.92 bits per heavy atom. The van der Waals surface area contributed by atoms with Crippen molar-refractivity contribution in [3.8, 4) is 5.75 Å². The fourth-order valence-electron chi connectivity index (χ4n) is 4.62. The Balaban J connectivity index is 1.47. The van der Waals surface area contributed by atoms with Crippen LogP contribution in [0.5, 0.6) is 5.75 Å². The van der Waals surface area contributed by atoms with Gasteiger partial charge in [-0.15, -0.1) is 0 Å². The van der Waals surface area contributed by atoms with Gasteiger partial charge in [-0.25, -0.2) is 13.9 Å². The molecule has 2 heterocycles. The molecule has 190 valence electrons. The summed E-state index contributed by atoms with van der Waals surface area (Å²) in [5, 5.41) is 10.2. The van der Waals surface area contributed by atoms with Gasteiger partial charge in [0, 0.05) is 29.9 Å². The van der Waals surface area contributed by atoms with Crippen LogP contribution in [0.2, 0.25) is 0 Å². The number of carbonyl (C=O) groups excluding carboxylic acids is 2. The standard InChI is InChI=1S/C26H29N3O6S/c1-26(13-15-29(25(26)31)23(24(30)28-32)12-16-36(2,33)34)19-7-9-20(10-8-19)35-17-18-11-14-27-22-6-4-3-5-21(18)22/h3-11,14,23,32H,12-13,15-17H2,1-2H3,(H,28,30). The van der Waals surface area contributed by atoms with Gasteiger partial charge in [0.25, 0.3) is 5.91 Å². The fourth-order valence-corrected chi connectivity index (χ4v) is 5.28. The number of amides is 2. The van der Waals surface area contributed by atoms with E-state index in [1.54, 1.807) is 18.6 Å². The SMILES string of the molecule is CC1(c2ccc(OCc3ccnc4ccccc34)cc2)CCN(C(CCS(C)(=O)=O)C(=O)NO)C1=O. The molecule has 2 atom stereocenters. The minimum Gasteiger partial charge on any atom is -0.489 e. The van der Waals surface area contributed by atoms with E-state index in [4.69, 9.17) is 9.94 Å². The number of likely N-dealkylation sites (tertiary alicyclic amines) is 1. The summed E-state index contributed by atoms with van der Waals surface area (Å²) >= 11 is 0. The Labute approximate surface area is 210 Å². The Morgan fingerprint density at radius 1 is 1.19 bits per heavy atom. The van der Waals surface area contributed by atoms with Gasteiger partial charge in [-0.3, -0.25) is 19.8 Å². The Kier molecular flexibility index (Phi) is 7.28. The highest BCUT2D eigenvalue weighted by molar-refractivity contribution is 7.90. The highest BCUT2D eigenvalue weighted by Crippen LogP contribution is 2.37. The van der Waals surface area contributed by atoms with Gasteiger partial charge in [-0.05, 0) is 49.6 Å². The van der Waals surface area contributed by atoms with Crippen molar-refractivity contribution in [3.63, 3.8) is 0 Å². The number of benzene rings is 2. The molecule has 1 aromatic heterocycles. The molecule has 2 amide bonds. The van der Waals surface area contributed by atoms with E-state index in [2.05, 4.69) is 4.98 Å². The minimum atomic E-state index is -3.35. The van der Waals surface area contributed by atoms with Gasteiger partial charge in [0.15, 0.2) is 0 Å². The zero-order chi connectivity index (χ0) is 25.9. The molecule has 0 spiro atoms. The molecule has 0 radical (unpaired) electrons. The first-order chi connectivity index (χ1) is 17.1. The first kappa shape index (κ1) is 25.6. The summed E-state index contributed by atoms with van der Waals surface area (Å²) in [6, 6.07) is 16.0. The van der Waals surface area contributed by atoms with Gasteiger partial charge in [0.05, 0.1) is 16.7 Å². The van der Waals surface area contributed by atoms with Crippen LogP contribution in [0.3, 0.4) is 0 Å². The molecule has 1 aliphatic heterocycles. The van der Waals surface area contributed by atoms with Crippen LogP contribution in [0.25, 0.3) is 10.9 Å². The number of ether oxygens (including phenoxy) is 1. The molecule has 3 aromatic rings. The number of nitrogens with zero attached hydrogens (tertiary/aromatic N) is 2. The van der Waals surface area contributed by atoms with E-state index in [0.29, 0.717) is 18.8 Å². The maximum atomic E-state index is 13.4. The zero-order valence-corrected chi connectivity index (χ0v) is 21.0. The summed E-state index contributed by atoms with van der Waals surface area (Å²) in [5.74, 6) is -0.717. The van der Waals surface area contributed by atoms with E-state index in [9.17, 15) is 18.0 Å². The molecule has 9 nitrogen and oxygen atoms in total. The summed E-state index contributed by atoms with van der Waals surface area (Å²) in [6.45, 7) is 2.44. The smallest absolute Gasteiger partial charge is 0.266 e. The van der Waals surface area contributed by atoms with Gasteiger partial charge >= 0.3 is 0 Å². The predicted molar refractivity (Wildman–Crippen MR) is 134 cm³/mol. The molecule has 1 saturated heterocycles. The van der Waals surface area contributed by atoms with Crippen molar-refractivity contribution in [2.75, 3.05) is 18.6 Å². The molecule has 0 aliphatic carbocycles. The van der Waals surface area contributed by atoms with Crippen molar-refractivity contribution in [1.29, 1.82) is 0 Å². The number of rotatable bonds is 9. The van der Waals surface area contributed by atoms with Crippen molar-refractivity contribution in [1.82, 2.24) is 15.4 Å². The van der Waals surface area contributed by atoms with Crippen LogP contribution in [0, 0.1) is 0 Å². The molecule has 1 fully saturated rings. The molecule has 36 heavy (non-hydrogen) atoms. The van der Waals surface area contributed by atoms with Crippen LogP contribution >= 0.6 is 0 Å². The number of sulfone groups is 1. The lowest BCUT2D eigenvalue weighted by atomic mass is 9.81. The van der Waals surface area contributed by atoms with Crippen LogP contribution in [-0.4, -0.2) is 59.9 Å². The van der Waals surface area contributed by atoms with Gasteiger partial charge in [-0.2, -0.15) is 0 Å². The van der Waals surface area contributed by atoms with E-state index in [-0.39, 0.29) is 24.6 Å². The highest BCUT2D eigenvalue weighted by Gasteiger charge is 2.47. The van der Waals surface area contributed by atoms with E-state index in [0.717, 1.165) is 28.3 Å². The summed E-state index contributed by atoms with van der Waals surface area (Å²) < 4.78 is 29.2. The molecule has 1 aliphatic rings. The average Bonchev–Trinajstić information content (AvgIpc) is 3.17. The van der Waals surface area contributed by atoms with Crippen molar-refractivity contribution in [2.45, 2.75) is 37.8 Å². The van der Waals surface area contributed by atoms with Gasteiger partial charge < -0.3 is 9.64 Å². The first-order valence-corrected chi connectivity index (χ1v) is 13.7. The number of para-hydroxylation sites is 1. The monoisotopic (exact) mass is 511 g/mol. The Morgan fingerprint density at radius 3 is 2.61 bits per heavy atom. The molecule has 0 saturated carbocycles. The second kappa shape index (κ2) is 10.2. The second-order valence-electron chi connectivity index (χ2n) is 9.29. The quantitative estimate of drug-likeness (QED) is 0.334. The highest BCUT2D eigenvalue weighted by atomic mass is 32.2. The number of carbonyl (C=O) groups is 2. The number of hydrogen-bond acceptors (Lipinski definition) is 7. The van der Waals surface area contributed by atoms with Crippen molar-refractivity contribution < 1.29 is 28.0 Å². The van der Waals surface area contributed by atoms with Crippen molar-refractivity contribution in [2.24, 2.45) is 0 Å². The van der Waals surface area contributed by atoms with Crippen LogP contribution in [0.4, 0.5) is 0 Å². The Hall–Kier alpha value is -3.50. The molecule has 2 aromatic carbocycles. The van der Waals surface area contributed by atoms with E-state index in [1.807, 2.05) is 54.6 Å². The lowest BCUT2D eigenvalue weighted by molar-refractivity contribution is -0.143. The number of fused-ring (bicyclic) bond motifs is 1. The topological polar surface area (TPSA) is 126 Å². The minimum absolute atomic E-state index is 0.0937. The number of hydrogen-bond donors (Lipinski definition) is 2. The third-order valence-electron chi connectivity index (χ3n) is 6.76.